The first-order valence-electron chi connectivity index (χ1n) is 8.93. The van der Waals surface area contributed by atoms with Gasteiger partial charge in [0.05, 0.1) is 19.3 Å². The Morgan fingerprint density at radius 3 is 2.36 bits per heavy atom. The van der Waals surface area contributed by atoms with E-state index in [1.807, 2.05) is 0 Å². The zero-order valence-electron chi connectivity index (χ0n) is 16.2. The first kappa shape index (κ1) is 21.0. The topological polar surface area (TPSA) is 84.9 Å². The normalized spacial score (nSPS) is 10.1. The molecule has 2 aromatic carbocycles. The van der Waals surface area contributed by atoms with E-state index in [4.69, 9.17) is 9.47 Å². The average molecular weight is 384 g/mol. The Kier molecular flexibility index (Phi) is 7.56. The van der Waals surface area contributed by atoms with Crippen LogP contribution >= 0.6 is 0 Å². The minimum absolute atomic E-state index is 0.167. The molecule has 7 heteroatoms. The monoisotopic (exact) mass is 384 g/mol. The number of benzene rings is 2. The predicted octanol–water partition coefficient (Wildman–Crippen LogP) is 2.65. The van der Waals surface area contributed by atoms with Crippen molar-refractivity contribution < 1.29 is 23.9 Å². The summed E-state index contributed by atoms with van der Waals surface area (Å²) in [6.45, 7) is 4.05. The number of nitrogens with one attached hydrogen (secondary N) is 1. The van der Waals surface area contributed by atoms with Gasteiger partial charge in [0.2, 0.25) is 5.91 Å². The lowest BCUT2D eigenvalue weighted by molar-refractivity contribution is -0.116. The maximum absolute atomic E-state index is 12.3. The van der Waals surface area contributed by atoms with E-state index in [9.17, 15) is 14.4 Å². The SMILES string of the molecule is CCOC(=O)c1ccc(N(CCNC(=O)c2cccc(OC)c2)C(C)=O)cc1. The fraction of sp³-hybridized carbons (Fsp3) is 0.286. The van der Waals surface area contributed by atoms with Gasteiger partial charge in [0.15, 0.2) is 0 Å². The lowest BCUT2D eigenvalue weighted by atomic mass is 10.2. The number of carbonyl (C=O) groups excluding carboxylic acids is 3. The second-order valence-electron chi connectivity index (χ2n) is 5.93. The van der Waals surface area contributed by atoms with Crippen molar-refractivity contribution in [2.45, 2.75) is 13.8 Å². The molecule has 0 atom stereocenters. The van der Waals surface area contributed by atoms with Crippen LogP contribution in [0.15, 0.2) is 48.5 Å². The third kappa shape index (κ3) is 5.57. The van der Waals surface area contributed by atoms with E-state index in [2.05, 4.69) is 5.32 Å². The van der Waals surface area contributed by atoms with E-state index < -0.39 is 5.97 Å². The molecular weight excluding hydrogens is 360 g/mol. The van der Waals surface area contributed by atoms with E-state index in [0.717, 1.165) is 0 Å². The number of methoxy groups -OCH3 is 1. The van der Waals surface area contributed by atoms with Crippen LogP contribution < -0.4 is 15.0 Å². The van der Waals surface area contributed by atoms with Crippen LogP contribution in [0.25, 0.3) is 0 Å². The van der Waals surface area contributed by atoms with Gasteiger partial charge in [0, 0.05) is 31.3 Å². The molecule has 1 N–H and O–H groups in total. The van der Waals surface area contributed by atoms with Gasteiger partial charge in [-0.1, -0.05) is 6.07 Å². The number of carbonyl (C=O) groups is 3. The number of nitrogens with zero attached hydrogens (tertiary/aromatic N) is 1. The van der Waals surface area contributed by atoms with Crippen molar-refractivity contribution in [1.82, 2.24) is 5.32 Å². The van der Waals surface area contributed by atoms with Gasteiger partial charge in [-0.3, -0.25) is 9.59 Å². The van der Waals surface area contributed by atoms with Crippen molar-refractivity contribution in [1.29, 1.82) is 0 Å². The summed E-state index contributed by atoms with van der Waals surface area (Å²) in [6, 6.07) is 13.4. The van der Waals surface area contributed by atoms with Crippen LogP contribution in [-0.4, -0.2) is 44.6 Å². The number of anilines is 1. The first-order chi connectivity index (χ1) is 13.5. The Morgan fingerprint density at radius 1 is 1.04 bits per heavy atom. The molecule has 148 valence electrons. The van der Waals surface area contributed by atoms with E-state index in [0.29, 0.717) is 35.7 Å². The van der Waals surface area contributed by atoms with Gasteiger partial charge in [0.25, 0.3) is 5.91 Å². The molecule has 0 aliphatic carbocycles. The summed E-state index contributed by atoms with van der Waals surface area (Å²) in [7, 11) is 1.54. The van der Waals surface area contributed by atoms with Crippen LogP contribution in [0.2, 0.25) is 0 Å². The van der Waals surface area contributed by atoms with Crippen LogP contribution in [0.3, 0.4) is 0 Å². The molecule has 0 aliphatic rings. The standard InChI is InChI=1S/C21H24N2O5/c1-4-28-21(26)16-8-10-18(11-9-16)23(15(2)24)13-12-22-20(25)17-6-5-7-19(14-17)27-3/h5-11,14H,4,12-13H2,1-3H3,(H,22,25). The maximum Gasteiger partial charge on any atom is 0.338 e. The van der Waals surface area contributed by atoms with Gasteiger partial charge in [-0.25, -0.2) is 4.79 Å². The summed E-state index contributed by atoms with van der Waals surface area (Å²) >= 11 is 0. The van der Waals surface area contributed by atoms with Crippen molar-refractivity contribution in [3.63, 3.8) is 0 Å². The lowest BCUT2D eigenvalue weighted by Gasteiger charge is -2.21. The second kappa shape index (κ2) is 10.1. The molecule has 0 fully saturated rings. The highest BCUT2D eigenvalue weighted by atomic mass is 16.5. The van der Waals surface area contributed by atoms with Crippen LogP contribution in [0, 0.1) is 0 Å². The summed E-state index contributed by atoms with van der Waals surface area (Å²) in [5, 5.41) is 2.79. The van der Waals surface area contributed by atoms with Crippen LogP contribution in [0.4, 0.5) is 5.69 Å². The number of ether oxygens (including phenoxy) is 2. The van der Waals surface area contributed by atoms with E-state index in [-0.39, 0.29) is 18.4 Å². The highest BCUT2D eigenvalue weighted by Gasteiger charge is 2.14. The third-order valence-corrected chi connectivity index (χ3v) is 4.02. The summed E-state index contributed by atoms with van der Waals surface area (Å²) in [4.78, 5) is 37.5. The van der Waals surface area contributed by atoms with E-state index in [1.54, 1.807) is 55.5 Å². The molecule has 0 saturated heterocycles. The van der Waals surface area contributed by atoms with Crippen molar-refractivity contribution in [2.24, 2.45) is 0 Å². The number of hydrogen-bond acceptors (Lipinski definition) is 5. The molecule has 2 aromatic rings. The number of amides is 2. The van der Waals surface area contributed by atoms with Crippen molar-refractivity contribution >= 4 is 23.5 Å². The predicted molar refractivity (Wildman–Crippen MR) is 106 cm³/mol. The van der Waals surface area contributed by atoms with Crippen molar-refractivity contribution in [3.8, 4) is 5.75 Å². The van der Waals surface area contributed by atoms with Gasteiger partial charge in [-0.05, 0) is 49.4 Å². The molecule has 0 aliphatic heterocycles. The third-order valence-electron chi connectivity index (χ3n) is 4.02. The highest BCUT2D eigenvalue weighted by molar-refractivity contribution is 5.95. The van der Waals surface area contributed by atoms with E-state index in [1.165, 1.54) is 18.9 Å². The Balaban J connectivity index is 1.98. The number of hydrogen-bond donors (Lipinski definition) is 1. The van der Waals surface area contributed by atoms with Crippen molar-refractivity contribution in [3.05, 3.63) is 59.7 Å². The molecule has 0 radical (unpaired) electrons. The van der Waals surface area contributed by atoms with Crippen LogP contribution in [0.1, 0.15) is 34.6 Å². The van der Waals surface area contributed by atoms with Crippen molar-refractivity contribution in [2.75, 3.05) is 31.7 Å². The zero-order valence-corrected chi connectivity index (χ0v) is 16.2. The fourth-order valence-electron chi connectivity index (χ4n) is 2.61. The van der Waals surface area contributed by atoms with Crippen LogP contribution in [-0.2, 0) is 9.53 Å². The molecule has 2 amide bonds. The molecule has 0 unspecified atom stereocenters. The van der Waals surface area contributed by atoms with Gasteiger partial charge in [-0.15, -0.1) is 0 Å². The fourth-order valence-corrected chi connectivity index (χ4v) is 2.61. The second-order valence-corrected chi connectivity index (χ2v) is 5.93. The van der Waals surface area contributed by atoms with Gasteiger partial charge < -0.3 is 19.7 Å². The van der Waals surface area contributed by atoms with E-state index >= 15 is 0 Å². The summed E-state index contributed by atoms with van der Waals surface area (Å²) in [5.74, 6) is -0.228. The zero-order chi connectivity index (χ0) is 20.5. The summed E-state index contributed by atoms with van der Waals surface area (Å²) < 4.78 is 10.1. The summed E-state index contributed by atoms with van der Waals surface area (Å²) in [6.07, 6.45) is 0. The minimum Gasteiger partial charge on any atom is -0.497 e. The molecule has 0 bridgehead atoms. The Bertz CT molecular complexity index is 833. The number of esters is 1. The first-order valence-corrected chi connectivity index (χ1v) is 8.93. The molecule has 0 saturated carbocycles. The quantitative estimate of drug-likeness (QED) is 0.708. The maximum atomic E-state index is 12.3. The Hall–Kier alpha value is -3.35. The molecule has 7 nitrogen and oxygen atoms in total. The molecule has 28 heavy (non-hydrogen) atoms. The van der Waals surface area contributed by atoms with Gasteiger partial charge in [0.1, 0.15) is 5.75 Å². The van der Waals surface area contributed by atoms with Crippen LogP contribution in [0.5, 0.6) is 5.75 Å². The lowest BCUT2D eigenvalue weighted by Crippen LogP contribution is -2.37. The van der Waals surface area contributed by atoms with Gasteiger partial charge in [-0.2, -0.15) is 0 Å². The molecule has 0 heterocycles. The molecule has 0 aromatic heterocycles. The molecule has 2 rings (SSSR count). The highest BCUT2D eigenvalue weighted by Crippen LogP contribution is 2.16. The minimum atomic E-state index is -0.408. The smallest absolute Gasteiger partial charge is 0.338 e. The average Bonchev–Trinajstić information content (AvgIpc) is 2.71. The largest absolute Gasteiger partial charge is 0.497 e. The number of rotatable bonds is 8. The molecular formula is C21H24N2O5. The summed E-state index contributed by atoms with van der Waals surface area (Å²) in [5.41, 5.74) is 1.53. The van der Waals surface area contributed by atoms with Gasteiger partial charge >= 0.3 is 5.97 Å². The Morgan fingerprint density at radius 2 is 1.75 bits per heavy atom. The molecule has 0 spiro atoms. The Labute approximate surface area is 164 Å².